The van der Waals surface area contributed by atoms with Gasteiger partial charge in [-0.25, -0.2) is 4.79 Å². The first-order valence-corrected chi connectivity index (χ1v) is 6.04. The van der Waals surface area contributed by atoms with Gasteiger partial charge in [-0.15, -0.1) is 0 Å². The van der Waals surface area contributed by atoms with Crippen molar-refractivity contribution in [3.8, 4) is 0 Å². The molecular formula is C9H16N2OS. The van der Waals surface area contributed by atoms with Crippen LogP contribution in [0, 0.1) is 0 Å². The third kappa shape index (κ3) is 1.77. The van der Waals surface area contributed by atoms with Crippen LogP contribution in [0.25, 0.3) is 0 Å². The van der Waals surface area contributed by atoms with Crippen molar-refractivity contribution in [1.29, 1.82) is 0 Å². The molecule has 2 fully saturated rings. The summed E-state index contributed by atoms with van der Waals surface area (Å²) in [6, 6.07) is 0.806. The van der Waals surface area contributed by atoms with Gasteiger partial charge in [0.05, 0.1) is 12.1 Å². The molecule has 74 valence electrons. The van der Waals surface area contributed by atoms with Gasteiger partial charge in [0.15, 0.2) is 0 Å². The molecule has 0 aliphatic carbocycles. The summed E-state index contributed by atoms with van der Waals surface area (Å²) in [5.41, 5.74) is 0. The predicted octanol–water partition coefficient (Wildman–Crippen LogP) is 1.34. The van der Waals surface area contributed by atoms with Crippen molar-refractivity contribution in [2.45, 2.75) is 43.5 Å². The zero-order valence-corrected chi connectivity index (χ0v) is 8.69. The van der Waals surface area contributed by atoms with Gasteiger partial charge < -0.3 is 10.6 Å². The molecule has 13 heavy (non-hydrogen) atoms. The molecule has 3 unspecified atom stereocenters. The maximum atomic E-state index is 11.0. The number of nitrogens with one attached hydrogen (secondary N) is 2. The maximum absolute atomic E-state index is 11.0. The van der Waals surface area contributed by atoms with Crippen molar-refractivity contribution < 1.29 is 4.79 Å². The molecule has 0 saturated carbocycles. The second-order valence-electron chi connectivity index (χ2n) is 3.76. The number of hydrogen-bond acceptors (Lipinski definition) is 2. The van der Waals surface area contributed by atoms with Crippen molar-refractivity contribution in [1.82, 2.24) is 10.6 Å². The van der Waals surface area contributed by atoms with E-state index in [0.717, 1.165) is 5.75 Å². The standard InChI is InChI=1S/C9H16N2OS/c1-2-3-4-7-8-6(5-13-7)10-9(12)11-8/h6-8H,2-5H2,1H3,(H2,10,11,12). The van der Waals surface area contributed by atoms with Crippen LogP contribution in [0.5, 0.6) is 0 Å². The molecule has 0 radical (unpaired) electrons. The van der Waals surface area contributed by atoms with E-state index in [0.29, 0.717) is 17.3 Å². The molecule has 2 saturated heterocycles. The van der Waals surface area contributed by atoms with Crippen LogP contribution in [0.4, 0.5) is 4.79 Å². The molecular weight excluding hydrogens is 184 g/mol. The molecule has 0 aromatic heterocycles. The lowest BCUT2D eigenvalue weighted by Gasteiger charge is -2.15. The Morgan fingerprint density at radius 1 is 1.54 bits per heavy atom. The zero-order chi connectivity index (χ0) is 9.26. The Morgan fingerprint density at radius 2 is 2.38 bits per heavy atom. The topological polar surface area (TPSA) is 41.1 Å². The van der Waals surface area contributed by atoms with Gasteiger partial charge in [-0.2, -0.15) is 11.8 Å². The van der Waals surface area contributed by atoms with Gasteiger partial charge in [0, 0.05) is 11.0 Å². The van der Waals surface area contributed by atoms with E-state index in [1.807, 2.05) is 11.8 Å². The molecule has 4 heteroatoms. The average Bonchev–Trinajstić information content (AvgIpc) is 2.61. The molecule has 0 bridgehead atoms. The number of amides is 2. The molecule has 0 spiro atoms. The van der Waals surface area contributed by atoms with Crippen LogP contribution in [0.1, 0.15) is 26.2 Å². The number of fused-ring (bicyclic) bond motifs is 1. The van der Waals surface area contributed by atoms with Gasteiger partial charge in [0.1, 0.15) is 0 Å². The summed E-state index contributed by atoms with van der Waals surface area (Å²) in [6.45, 7) is 2.21. The van der Waals surface area contributed by atoms with E-state index in [-0.39, 0.29) is 6.03 Å². The fourth-order valence-electron chi connectivity index (χ4n) is 2.05. The van der Waals surface area contributed by atoms with Crippen molar-refractivity contribution in [3.05, 3.63) is 0 Å². The Kier molecular flexibility index (Phi) is 2.67. The molecule has 2 heterocycles. The molecule has 3 atom stereocenters. The molecule has 2 aliphatic rings. The quantitative estimate of drug-likeness (QED) is 0.675. The summed E-state index contributed by atoms with van der Waals surface area (Å²) in [6.07, 6.45) is 3.76. The van der Waals surface area contributed by atoms with Gasteiger partial charge in [0.2, 0.25) is 0 Å². The molecule has 0 aromatic carbocycles. The fourth-order valence-corrected chi connectivity index (χ4v) is 3.59. The lowest BCUT2D eigenvalue weighted by molar-refractivity contribution is 0.247. The highest BCUT2D eigenvalue weighted by Gasteiger charge is 2.42. The van der Waals surface area contributed by atoms with E-state index in [9.17, 15) is 4.79 Å². The minimum absolute atomic E-state index is 0.0248. The van der Waals surface area contributed by atoms with Gasteiger partial charge >= 0.3 is 6.03 Å². The second-order valence-corrected chi connectivity index (χ2v) is 5.04. The molecule has 0 aromatic rings. The lowest BCUT2D eigenvalue weighted by atomic mass is 10.0. The first kappa shape index (κ1) is 9.19. The average molecular weight is 200 g/mol. The summed E-state index contributed by atoms with van der Waals surface area (Å²) in [4.78, 5) is 11.0. The molecule has 2 N–H and O–H groups in total. The third-order valence-electron chi connectivity index (χ3n) is 2.78. The first-order valence-electron chi connectivity index (χ1n) is 5.00. The van der Waals surface area contributed by atoms with E-state index in [1.54, 1.807) is 0 Å². The fraction of sp³-hybridized carbons (Fsp3) is 0.889. The Hall–Kier alpha value is -0.380. The van der Waals surface area contributed by atoms with Crippen LogP contribution in [-0.4, -0.2) is 29.1 Å². The van der Waals surface area contributed by atoms with Gasteiger partial charge in [0.25, 0.3) is 0 Å². The molecule has 2 rings (SSSR count). The van der Waals surface area contributed by atoms with Crippen LogP contribution in [0.2, 0.25) is 0 Å². The number of carbonyl (C=O) groups excluding carboxylic acids is 1. The lowest BCUT2D eigenvalue weighted by Crippen LogP contribution is -2.36. The number of urea groups is 1. The van der Waals surface area contributed by atoms with E-state index in [1.165, 1.54) is 19.3 Å². The van der Waals surface area contributed by atoms with Crippen molar-refractivity contribution in [2.24, 2.45) is 0 Å². The van der Waals surface area contributed by atoms with E-state index < -0.39 is 0 Å². The van der Waals surface area contributed by atoms with Crippen LogP contribution in [-0.2, 0) is 0 Å². The highest BCUT2D eigenvalue weighted by Crippen LogP contribution is 2.32. The Morgan fingerprint density at radius 3 is 3.15 bits per heavy atom. The summed E-state index contributed by atoms with van der Waals surface area (Å²) >= 11 is 2.00. The minimum atomic E-state index is 0.0248. The smallest absolute Gasteiger partial charge is 0.315 e. The van der Waals surface area contributed by atoms with Crippen molar-refractivity contribution >= 4 is 17.8 Å². The van der Waals surface area contributed by atoms with Crippen molar-refractivity contribution in [2.75, 3.05) is 5.75 Å². The van der Waals surface area contributed by atoms with Gasteiger partial charge in [-0.05, 0) is 6.42 Å². The van der Waals surface area contributed by atoms with Gasteiger partial charge in [-0.3, -0.25) is 0 Å². The molecule has 3 nitrogen and oxygen atoms in total. The summed E-state index contributed by atoms with van der Waals surface area (Å²) in [5.74, 6) is 1.08. The molecule has 2 amide bonds. The summed E-state index contributed by atoms with van der Waals surface area (Å²) in [7, 11) is 0. The largest absolute Gasteiger partial charge is 0.332 e. The maximum Gasteiger partial charge on any atom is 0.315 e. The highest BCUT2D eigenvalue weighted by atomic mass is 32.2. The normalized spacial score (nSPS) is 37.0. The summed E-state index contributed by atoms with van der Waals surface area (Å²) < 4.78 is 0. The summed E-state index contributed by atoms with van der Waals surface area (Å²) in [5, 5.41) is 6.60. The van der Waals surface area contributed by atoms with Crippen LogP contribution in [0.3, 0.4) is 0 Å². The Balaban J connectivity index is 1.89. The zero-order valence-electron chi connectivity index (χ0n) is 7.88. The SMILES string of the molecule is CCCCC1SCC2NC(=O)NC21. The monoisotopic (exact) mass is 200 g/mol. The van der Waals surface area contributed by atoms with Crippen LogP contribution >= 0.6 is 11.8 Å². The Labute approximate surface area is 83.0 Å². The number of hydrogen-bond donors (Lipinski definition) is 2. The highest BCUT2D eigenvalue weighted by molar-refractivity contribution is 8.00. The van der Waals surface area contributed by atoms with E-state index in [2.05, 4.69) is 17.6 Å². The number of rotatable bonds is 3. The van der Waals surface area contributed by atoms with Gasteiger partial charge in [-0.1, -0.05) is 19.8 Å². The predicted molar refractivity (Wildman–Crippen MR) is 55.0 cm³/mol. The van der Waals surface area contributed by atoms with E-state index in [4.69, 9.17) is 0 Å². The van der Waals surface area contributed by atoms with Crippen molar-refractivity contribution in [3.63, 3.8) is 0 Å². The number of carbonyl (C=O) groups is 1. The third-order valence-corrected chi connectivity index (χ3v) is 4.29. The molecule has 2 aliphatic heterocycles. The van der Waals surface area contributed by atoms with E-state index >= 15 is 0 Å². The first-order chi connectivity index (χ1) is 6.31. The minimum Gasteiger partial charge on any atom is -0.332 e. The van der Waals surface area contributed by atoms with Crippen LogP contribution in [0.15, 0.2) is 0 Å². The number of unbranched alkanes of at least 4 members (excludes halogenated alkanes) is 1. The van der Waals surface area contributed by atoms with Crippen LogP contribution < -0.4 is 10.6 Å². The Bertz CT molecular complexity index is 210. The second kappa shape index (κ2) is 3.78. The number of thioether (sulfide) groups is 1.